The number of carbonyl (C=O) groups excluding carboxylic acids is 1. The molecule has 4 aromatic rings. The van der Waals surface area contributed by atoms with Gasteiger partial charge in [-0.25, -0.2) is 9.97 Å². The van der Waals surface area contributed by atoms with Crippen molar-refractivity contribution in [3.8, 4) is 0 Å². The Labute approximate surface area is 149 Å². The van der Waals surface area contributed by atoms with Crippen molar-refractivity contribution >= 4 is 49.7 Å². The maximum absolute atomic E-state index is 12.6. The first-order valence-corrected chi connectivity index (χ1v) is 8.19. The molecule has 4 rings (SSSR count). The van der Waals surface area contributed by atoms with E-state index in [1.165, 1.54) is 10.9 Å². The van der Waals surface area contributed by atoms with Crippen LogP contribution < -0.4 is 10.9 Å². The standard InChI is InChI=1S/C17H11BrN4O3/c18-10-5-6-13(19-7-10)21-14(23)8-22-9-20-15-11-3-1-2-4-12(11)25-16(15)17(22)24/h1-7,9H,8H2,(H,19,21,23). The molecule has 1 N–H and O–H groups in total. The van der Waals surface area contributed by atoms with Crippen LogP contribution in [0.15, 0.2) is 62.6 Å². The number of rotatable bonds is 3. The summed E-state index contributed by atoms with van der Waals surface area (Å²) in [5.74, 6) is 0.0215. The Morgan fingerprint density at radius 3 is 2.84 bits per heavy atom. The molecule has 0 saturated heterocycles. The highest BCUT2D eigenvalue weighted by Crippen LogP contribution is 2.24. The smallest absolute Gasteiger partial charge is 0.297 e. The minimum Gasteiger partial charge on any atom is -0.448 e. The van der Waals surface area contributed by atoms with Gasteiger partial charge in [-0.05, 0) is 40.2 Å². The van der Waals surface area contributed by atoms with E-state index in [2.05, 4.69) is 31.2 Å². The van der Waals surface area contributed by atoms with Gasteiger partial charge in [-0.3, -0.25) is 14.2 Å². The molecule has 3 heterocycles. The number of hydrogen-bond acceptors (Lipinski definition) is 5. The van der Waals surface area contributed by atoms with Crippen LogP contribution in [-0.2, 0) is 11.3 Å². The summed E-state index contributed by atoms with van der Waals surface area (Å²) in [5.41, 5.74) is 0.814. The van der Waals surface area contributed by atoms with Gasteiger partial charge in [0.1, 0.15) is 23.5 Å². The minimum atomic E-state index is -0.403. The Morgan fingerprint density at radius 1 is 1.20 bits per heavy atom. The average Bonchev–Trinajstić information content (AvgIpc) is 2.99. The van der Waals surface area contributed by atoms with E-state index in [0.29, 0.717) is 16.9 Å². The summed E-state index contributed by atoms with van der Waals surface area (Å²) in [5, 5.41) is 3.40. The second-order valence-electron chi connectivity index (χ2n) is 5.36. The molecule has 0 atom stereocenters. The van der Waals surface area contributed by atoms with Crippen molar-refractivity contribution in [3.63, 3.8) is 0 Å². The summed E-state index contributed by atoms with van der Waals surface area (Å²) >= 11 is 3.27. The summed E-state index contributed by atoms with van der Waals surface area (Å²) in [4.78, 5) is 33.0. The third-order valence-electron chi connectivity index (χ3n) is 3.66. The number of amides is 1. The Kier molecular flexibility index (Phi) is 3.81. The molecule has 0 saturated carbocycles. The first-order valence-electron chi connectivity index (χ1n) is 7.40. The van der Waals surface area contributed by atoms with E-state index in [4.69, 9.17) is 4.42 Å². The van der Waals surface area contributed by atoms with Crippen molar-refractivity contribution in [2.75, 3.05) is 5.32 Å². The van der Waals surface area contributed by atoms with Gasteiger partial charge in [-0.15, -0.1) is 0 Å². The number of fused-ring (bicyclic) bond motifs is 3. The molecule has 8 heteroatoms. The highest BCUT2D eigenvalue weighted by atomic mass is 79.9. The van der Waals surface area contributed by atoms with Gasteiger partial charge in [-0.2, -0.15) is 0 Å². The van der Waals surface area contributed by atoms with E-state index >= 15 is 0 Å². The largest absolute Gasteiger partial charge is 0.448 e. The molecule has 1 amide bonds. The van der Waals surface area contributed by atoms with Gasteiger partial charge in [0.2, 0.25) is 11.5 Å². The number of carbonyl (C=O) groups is 1. The van der Waals surface area contributed by atoms with Gasteiger partial charge < -0.3 is 9.73 Å². The number of pyridine rings is 1. The van der Waals surface area contributed by atoms with Crippen LogP contribution in [0, 0.1) is 0 Å². The second-order valence-corrected chi connectivity index (χ2v) is 6.28. The predicted molar refractivity (Wildman–Crippen MR) is 96.3 cm³/mol. The number of aromatic nitrogens is 3. The Balaban J connectivity index is 1.64. The topological polar surface area (TPSA) is 90.0 Å². The quantitative estimate of drug-likeness (QED) is 0.572. The van der Waals surface area contributed by atoms with Crippen LogP contribution >= 0.6 is 15.9 Å². The van der Waals surface area contributed by atoms with E-state index in [1.807, 2.05) is 18.2 Å². The predicted octanol–water partition coefficient (Wildman–Crippen LogP) is 2.94. The molecular formula is C17H11BrN4O3. The van der Waals surface area contributed by atoms with Crippen molar-refractivity contribution in [2.45, 2.75) is 6.54 Å². The number of furan rings is 1. The lowest BCUT2D eigenvalue weighted by atomic mass is 10.2. The zero-order valence-electron chi connectivity index (χ0n) is 12.8. The molecule has 124 valence electrons. The number of nitrogens with one attached hydrogen (secondary N) is 1. The normalized spacial score (nSPS) is 11.1. The Hall–Kier alpha value is -3.00. The zero-order chi connectivity index (χ0) is 17.4. The molecule has 0 aliphatic rings. The average molecular weight is 399 g/mol. The molecule has 3 aromatic heterocycles. The fourth-order valence-electron chi connectivity index (χ4n) is 2.51. The van der Waals surface area contributed by atoms with Gasteiger partial charge in [0, 0.05) is 16.1 Å². The molecular weight excluding hydrogens is 388 g/mol. The molecule has 0 bridgehead atoms. The highest BCUT2D eigenvalue weighted by molar-refractivity contribution is 9.10. The maximum Gasteiger partial charge on any atom is 0.297 e. The molecule has 25 heavy (non-hydrogen) atoms. The van der Waals surface area contributed by atoms with Crippen LogP contribution in [0.3, 0.4) is 0 Å². The first-order chi connectivity index (χ1) is 12.1. The van der Waals surface area contributed by atoms with Crippen LogP contribution in [-0.4, -0.2) is 20.4 Å². The first kappa shape index (κ1) is 15.5. The molecule has 0 aliphatic heterocycles. The lowest BCUT2D eigenvalue weighted by Gasteiger charge is -2.06. The Morgan fingerprint density at radius 2 is 2.04 bits per heavy atom. The summed E-state index contributed by atoms with van der Waals surface area (Å²) in [7, 11) is 0. The van der Waals surface area contributed by atoms with E-state index in [-0.39, 0.29) is 18.0 Å². The van der Waals surface area contributed by atoms with Gasteiger partial charge in [0.05, 0.1) is 6.33 Å². The van der Waals surface area contributed by atoms with Crippen LogP contribution in [0.4, 0.5) is 5.82 Å². The van der Waals surface area contributed by atoms with Crippen molar-refractivity contribution in [1.29, 1.82) is 0 Å². The number of anilines is 1. The third kappa shape index (κ3) is 2.91. The van der Waals surface area contributed by atoms with Crippen LogP contribution in [0.5, 0.6) is 0 Å². The molecule has 1 aromatic carbocycles. The number of benzene rings is 1. The van der Waals surface area contributed by atoms with Gasteiger partial charge in [-0.1, -0.05) is 12.1 Å². The Bertz CT molecular complexity index is 1150. The minimum absolute atomic E-state index is 0.137. The molecule has 0 aliphatic carbocycles. The molecule has 7 nitrogen and oxygen atoms in total. The summed E-state index contributed by atoms with van der Waals surface area (Å²) in [6, 6.07) is 10.7. The van der Waals surface area contributed by atoms with Gasteiger partial charge in [0.25, 0.3) is 5.56 Å². The highest BCUT2D eigenvalue weighted by Gasteiger charge is 2.14. The van der Waals surface area contributed by atoms with Crippen molar-refractivity contribution in [1.82, 2.24) is 14.5 Å². The van der Waals surface area contributed by atoms with Gasteiger partial charge >= 0.3 is 0 Å². The van der Waals surface area contributed by atoms with E-state index < -0.39 is 5.56 Å². The molecule has 0 spiro atoms. The summed E-state index contributed by atoms with van der Waals surface area (Å²) in [6.07, 6.45) is 2.92. The number of hydrogen-bond donors (Lipinski definition) is 1. The number of halogens is 1. The van der Waals surface area contributed by atoms with Crippen LogP contribution in [0.2, 0.25) is 0 Å². The third-order valence-corrected chi connectivity index (χ3v) is 4.13. The fraction of sp³-hybridized carbons (Fsp3) is 0.0588. The molecule has 0 fully saturated rings. The molecule has 0 unspecified atom stereocenters. The van der Waals surface area contributed by atoms with E-state index in [0.717, 1.165) is 9.86 Å². The summed E-state index contributed by atoms with van der Waals surface area (Å²) in [6.45, 7) is -0.184. The molecule has 0 radical (unpaired) electrons. The van der Waals surface area contributed by atoms with E-state index in [1.54, 1.807) is 24.4 Å². The zero-order valence-corrected chi connectivity index (χ0v) is 14.4. The van der Waals surface area contributed by atoms with Crippen molar-refractivity contribution < 1.29 is 9.21 Å². The maximum atomic E-state index is 12.6. The second kappa shape index (κ2) is 6.14. The van der Waals surface area contributed by atoms with Crippen molar-refractivity contribution in [2.24, 2.45) is 0 Å². The lowest BCUT2D eigenvalue weighted by Crippen LogP contribution is -2.27. The van der Waals surface area contributed by atoms with Crippen molar-refractivity contribution in [3.05, 3.63) is 63.7 Å². The fourth-order valence-corrected chi connectivity index (χ4v) is 2.75. The van der Waals surface area contributed by atoms with E-state index in [9.17, 15) is 9.59 Å². The number of para-hydroxylation sites is 1. The SMILES string of the molecule is O=C(Cn1cnc2c(oc3ccccc32)c1=O)Nc1ccc(Br)cn1. The van der Waals surface area contributed by atoms with Crippen LogP contribution in [0.25, 0.3) is 22.1 Å². The number of nitrogens with zero attached hydrogens (tertiary/aromatic N) is 3. The lowest BCUT2D eigenvalue weighted by molar-refractivity contribution is -0.116. The van der Waals surface area contributed by atoms with Gasteiger partial charge in [0.15, 0.2) is 0 Å². The van der Waals surface area contributed by atoms with Crippen LogP contribution in [0.1, 0.15) is 0 Å². The monoisotopic (exact) mass is 398 g/mol. The summed E-state index contributed by atoms with van der Waals surface area (Å²) < 4.78 is 7.61.